The van der Waals surface area contributed by atoms with E-state index < -0.39 is 0 Å². The third-order valence-corrected chi connectivity index (χ3v) is 5.24. The number of hydrogen-bond donors (Lipinski definition) is 2. The van der Waals surface area contributed by atoms with Gasteiger partial charge >= 0.3 is 0 Å². The van der Waals surface area contributed by atoms with Crippen LogP contribution in [0.5, 0.6) is 0 Å². The maximum atomic E-state index is 9.90. The Morgan fingerprint density at radius 1 is 1.08 bits per heavy atom. The van der Waals surface area contributed by atoms with Gasteiger partial charge in [0.25, 0.3) is 0 Å². The number of fused-ring (bicyclic) bond motifs is 2. The molecule has 1 saturated heterocycles. The Hall–Kier alpha value is -2.44. The molecule has 6 nitrogen and oxygen atoms in total. The lowest BCUT2D eigenvalue weighted by molar-refractivity contribution is -0.127. The van der Waals surface area contributed by atoms with Gasteiger partial charge in [0.2, 0.25) is 6.29 Å². The zero-order chi connectivity index (χ0) is 16.1. The molecule has 0 radical (unpaired) electrons. The number of rotatable bonds is 3. The second-order valence-electron chi connectivity index (χ2n) is 6.71. The Kier molecular flexibility index (Phi) is 3.08. The molecule has 0 amide bonds. The summed E-state index contributed by atoms with van der Waals surface area (Å²) in [4.78, 5) is 11.3. The second-order valence-corrected chi connectivity index (χ2v) is 6.71. The van der Waals surface area contributed by atoms with E-state index >= 15 is 0 Å². The molecule has 3 atom stereocenters. The molecule has 1 aliphatic carbocycles. The highest BCUT2D eigenvalue weighted by Crippen LogP contribution is 2.48. The monoisotopic (exact) mass is 321 g/mol. The Labute approximate surface area is 140 Å². The van der Waals surface area contributed by atoms with Crippen LogP contribution >= 0.6 is 0 Å². The smallest absolute Gasteiger partial charge is 0.201 e. The van der Waals surface area contributed by atoms with Crippen molar-refractivity contribution in [3.63, 3.8) is 0 Å². The molecule has 0 bridgehead atoms. The molecular formula is C18H19N5O. The van der Waals surface area contributed by atoms with Crippen LogP contribution in [0.3, 0.4) is 0 Å². The lowest BCUT2D eigenvalue weighted by Gasteiger charge is -2.32. The van der Waals surface area contributed by atoms with E-state index in [1.807, 2.05) is 18.2 Å². The number of nitrogens with zero attached hydrogens (tertiary/aromatic N) is 4. The number of allylic oxidation sites excluding steroid dienone is 1. The quantitative estimate of drug-likeness (QED) is 0.907. The third-order valence-electron chi connectivity index (χ3n) is 5.24. The highest BCUT2D eigenvalue weighted by Gasteiger charge is 2.57. The fourth-order valence-electron chi connectivity index (χ4n) is 3.94. The fourth-order valence-corrected chi connectivity index (χ4v) is 3.94. The number of likely N-dealkylation sites (tertiary alicyclic amines) is 1. The van der Waals surface area contributed by atoms with Gasteiger partial charge < -0.3 is 5.32 Å². The van der Waals surface area contributed by atoms with Crippen LogP contribution in [-0.2, 0) is 0 Å². The number of aliphatic imine (C=N–C) groups is 1. The zero-order valence-electron chi connectivity index (χ0n) is 13.2. The van der Waals surface area contributed by atoms with Gasteiger partial charge in [0.05, 0.1) is 5.52 Å². The largest absolute Gasteiger partial charge is 0.367 e. The predicted molar refractivity (Wildman–Crippen MR) is 92.8 cm³/mol. The minimum atomic E-state index is -0.276. The SMILES string of the molecule is ON1C=CC=NC1N1CC2C(C1)C2Nc1ccc2ccccc2n1. The summed E-state index contributed by atoms with van der Waals surface area (Å²) >= 11 is 0. The Bertz CT molecular complexity index is 823. The molecule has 3 aliphatic rings. The van der Waals surface area contributed by atoms with Crippen LogP contribution in [0, 0.1) is 11.8 Å². The Morgan fingerprint density at radius 2 is 1.92 bits per heavy atom. The fraction of sp³-hybridized carbons (Fsp3) is 0.333. The van der Waals surface area contributed by atoms with Gasteiger partial charge in [-0.1, -0.05) is 18.2 Å². The highest BCUT2D eigenvalue weighted by atomic mass is 16.5. The molecule has 1 saturated carbocycles. The Morgan fingerprint density at radius 3 is 2.75 bits per heavy atom. The number of hydroxylamine groups is 2. The number of nitrogens with one attached hydrogen (secondary N) is 1. The van der Waals surface area contributed by atoms with Crippen molar-refractivity contribution in [1.82, 2.24) is 14.9 Å². The van der Waals surface area contributed by atoms with Crippen LogP contribution in [0.2, 0.25) is 0 Å². The molecule has 0 spiro atoms. The first-order valence-electron chi connectivity index (χ1n) is 8.33. The number of aromatic nitrogens is 1. The van der Waals surface area contributed by atoms with Gasteiger partial charge in [-0.2, -0.15) is 0 Å². The molecule has 2 aromatic rings. The number of benzene rings is 1. The van der Waals surface area contributed by atoms with Crippen LogP contribution in [0.15, 0.2) is 53.7 Å². The number of anilines is 1. The van der Waals surface area contributed by atoms with Crippen LogP contribution in [0.4, 0.5) is 5.82 Å². The maximum Gasteiger partial charge on any atom is 0.201 e. The van der Waals surface area contributed by atoms with E-state index in [0.717, 1.165) is 29.8 Å². The molecule has 122 valence electrons. The average Bonchev–Trinajstić information content (AvgIpc) is 3.05. The first-order valence-corrected chi connectivity index (χ1v) is 8.33. The van der Waals surface area contributed by atoms with Crippen molar-refractivity contribution in [2.24, 2.45) is 16.8 Å². The Balaban J connectivity index is 1.24. The van der Waals surface area contributed by atoms with Crippen LogP contribution < -0.4 is 5.32 Å². The second kappa shape index (κ2) is 5.29. The van der Waals surface area contributed by atoms with E-state index in [0.29, 0.717) is 17.9 Å². The molecule has 6 heteroatoms. The lowest BCUT2D eigenvalue weighted by Crippen LogP contribution is -2.45. The molecule has 2 N–H and O–H groups in total. The number of piperidine rings is 1. The van der Waals surface area contributed by atoms with E-state index in [9.17, 15) is 5.21 Å². The summed E-state index contributed by atoms with van der Waals surface area (Å²) < 4.78 is 0. The summed E-state index contributed by atoms with van der Waals surface area (Å²) in [7, 11) is 0. The predicted octanol–water partition coefficient (Wildman–Crippen LogP) is 2.15. The maximum absolute atomic E-state index is 9.90. The van der Waals surface area contributed by atoms with E-state index in [1.165, 1.54) is 5.06 Å². The van der Waals surface area contributed by atoms with Crippen LogP contribution in [-0.4, -0.2) is 51.8 Å². The van der Waals surface area contributed by atoms with E-state index in [-0.39, 0.29) is 6.29 Å². The molecule has 3 unspecified atom stereocenters. The van der Waals surface area contributed by atoms with Crippen LogP contribution in [0.1, 0.15) is 0 Å². The van der Waals surface area contributed by atoms with Crippen molar-refractivity contribution < 1.29 is 5.21 Å². The molecule has 24 heavy (non-hydrogen) atoms. The minimum Gasteiger partial charge on any atom is -0.367 e. The molecule has 1 aromatic heterocycles. The molecule has 2 aliphatic heterocycles. The average molecular weight is 321 g/mol. The lowest BCUT2D eigenvalue weighted by atomic mass is 10.2. The third kappa shape index (κ3) is 2.26. The van der Waals surface area contributed by atoms with Gasteiger partial charge in [0.15, 0.2) is 0 Å². The summed E-state index contributed by atoms with van der Waals surface area (Å²) in [6.07, 6.45) is 4.86. The van der Waals surface area contributed by atoms with Gasteiger partial charge in [-0.15, -0.1) is 0 Å². The zero-order valence-corrected chi connectivity index (χ0v) is 13.2. The van der Waals surface area contributed by atoms with Gasteiger partial charge in [-0.25, -0.2) is 10.0 Å². The summed E-state index contributed by atoms with van der Waals surface area (Å²) in [6.45, 7) is 1.89. The van der Waals surface area contributed by atoms with Gasteiger partial charge in [-0.05, 0) is 36.1 Å². The standard InChI is InChI=1S/C18H19N5O/c24-23-9-3-8-19-18(23)22-10-13-14(11-22)17(13)21-16-7-6-12-4-1-2-5-15(12)20-16/h1-9,13-14,17-18,24H,10-11H2,(H,20,21). The van der Waals surface area contributed by atoms with E-state index in [4.69, 9.17) is 4.98 Å². The van der Waals surface area contributed by atoms with Crippen molar-refractivity contribution in [1.29, 1.82) is 0 Å². The van der Waals surface area contributed by atoms with Gasteiger partial charge in [-0.3, -0.25) is 15.1 Å². The normalized spacial score (nSPS) is 31.5. The van der Waals surface area contributed by atoms with Crippen molar-refractivity contribution >= 4 is 22.9 Å². The summed E-state index contributed by atoms with van der Waals surface area (Å²) in [6, 6.07) is 12.8. The molecule has 1 aromatic carbocycles. The summed E-state index contributed by atoms with van der Waals surface area (Å²) in [5.74, 6) is 2.16. The van der Waals surface area contributed by atoms with Gasteiger partial charge in [0.1, 0.15) is 5.82 Å². The van der Waals surface area contributed by atoms with Gasteiger partial charge in [0, 0.05) is 36.9 Å². The number of hydrogen-bond acceptors (Lipinski definition) is 6. The van der Waals surface area contributed by atoms with Crippen molar-refractivity contribution in [3.8, 4) is 0 Å². The summed E-state index contributed by atoms with van der Waals surface area (Å²) in [5, 5.41) is 15.8. The van der Waals surface area contributed by atoms with Crippen molar-refractivity contribution in [2.45, 2.75) is 12.3 Å². The number of para-hydroxylation sites is 1. The minimum absolute atomic E-state index is 0.276. The van der Waals surface area contributed by atoms with E-state index in [1.54, 1.807) is 18.5 Å². The molecule has 3 heterocycles. The first-order chi connectivity index (χ1) is 11.8. The molecule has 2 fully saturated rings. The molecular weight excluding hydrogens is 302 g/mol. The van der Waals surface area contributed by atoms with Crippen molar-refractivity contribution in [2.75, 3.05) is 18.4 Å². The van der Waals surface area contributed by atoms with E-state index in [2.05, 4.69) is 33.4 Å². The van der Waals surface area contributed by atoms with Crippen molar-refractivity contribution in [3.05, 3.63) is 48.7 Å². The number of pyridine rings is 1. The first kappa shape index (κ1) is 13.9. The molecule has 5 rings (SSSR count). The summed E-state index contributed by atoms with van der Waals surface area (Å²) in [5.41, 5.74) is 1.02. The van der Waals surface area contributed by atoms with Crippen LogP contribution in [0.25, 0.3) is 10.9 Å². The topological polar surface area (TPSA) is 64.0 Å². The highest BCUT2D eigenvalue weighted by molar-refractivity contribution is 5.80.